The number of furan rings is 1. The molecule has 0 radical (unpaired) electrons. The van der Waals surface area contributed by atoms with Crippen molar-refractivity contribution in [3.63, 3.8) is 0 Å². The van der Waals surface area contributed by atoms with Gasteiger partial charge in [0.1, 0.15) is 17.3 Å². The number of hydrogen-bond acceptors (Lipinski definition) is 3. The van der Waals surface area contributed by atoms with E-state index in [1.165, 1.54) is 6.42 Å². The van der Waals surface area contributed by atoms with Crippen molar-refractivity contribution in [2.24, 2.45) is 5.92 Å². The van der Waals surface area contributed by atoms with E-state index in [1.807, 2.05) is 37.4 Å². The van der Waals surface area contributed by atoms with Crippen LogP contribution in [0.2, 0.25) is 0 Å². The van der Waals surface area contributed by atoms with Gasteiger partial charge in [0.15, 0.2) is 0 Å². The molecule has 5 heteroatoms. The Bertz CT molecular complexity index is 862. The van der Waals surface area contributed by atoms with Gasteiger partial charge in [-0.2, -0.15) is 0 Å². The summed E-state index contributed by atoms with van der Waals surface area (Å²) in [6.45, 7) is 2.72. The summed E-state index contributed by atoms with van der Waals surface area (Å²) in [5.74, 6) is 4.19. The summed E-state index contributed by atoms with van der Waals surface area (Å²) in [5.41, 5.74) is 1.92. The minimum absolute atomic E-state index is 0.0956. The summed E-state index contributed by atoms with van der Waals surface area (Å²) in [6, 6.07) is 12.0. The molecule has 3 aromatic rings. The molecule has 130 valence electrons. The first-order chi connectivity index (χ1) is 12.1. The van der Waals surface area contributed by atoms with Crippen LogP contribution in [-0.4, -0.2) is 27.8 Å². The molecule has 2 atom stereocenters. The van der Waals surface area contributed by atoms with Crippen molar-refractivity contribution in [2.75, 3.05) is 7.05 Å². The lowest BCUT2D eigenvalue weighted by Crippen LogP contribution is -2.26. The number of rotatable bonds is 6. The molecule has 0 unspecified atom stereocenters. The van der Waals surface area contributed by atoms with Crippen LogP contribution in [0.4, 0.5) is 0 Å². The Morgan fingerprint density at radius 1 is 1.32 bits per heavy atom. The van der Waals surface area contributed by atoms with Gasteiger partial charge in [0, 0.05) is 25.8 Å². The first-order valence-corrected chi connectivity index (χ1v) is 8.86. The number of H-pyrrole nitrogens is 1. The highest BCUT2D eigenvalue weighted by Crippen LogP contribution is 2.47. The summed E-state index contributed by atoms with van der Waals surface area (Å²) in [6.07, 6.45) is 2.31. The van der Waals surface area contributed by atoms with Crippen LogP contribution < -0.4 is 0 Å². The Labute approximate surface area is 147 Å². The number of nitrogens with zero attached hydrogens (tertiary/aromatic N) is 2. The summed E-state index contributed by atoms with van der Waals surface area (Å²) in [4.78, 5) is 21.9. The smallest absolute Gasteiger partial charge is 0.223 e. The third kappa shape index (κ3) is 3.45. The molecule has 1 saturated carbocycles. The topological polar surface area (TPSA) is 62.1 Å². The van der Waals surface area contributed by atoms with E-state index in [9.17, 15) is 4.79 Å². The number of para-hydroxylation sites is 2. The average molecular weight is 337 g/mol. The maximum absolute atomic E-state index is 12.4. The number of aromatic nitrogens is 2. The number of imidazole rings is 1. The van der Waals surface area contributed by atoms with E-state index in [0.717, 1.165) is 34.3 Å². The van der Waals surface area contributed by atoms with Gasteiger partial charge in [-0.15, -0.1) is 0 Å². The molecule has 0 bridgehead atoms. The van der Waals surface area contributed by atoms with Crippen molar-refractivity contribution in [1.82, 2.24) is 14.9 Å². The molecule has 1 N–H and O–H groups in total. The molecule has 0 saturated heterocycles. The molecule has 1 aromatic carbocycles. The summed E-state index contributed by atoms with van der Waals surface area (Å²) < 4.78 is 5.88. The number of nitrogens with one attached hydrogen (secondary N) is 1. The summed E-state index contributed by atoms with van der Waals surface area (Å²) in [7, 11) is 1.81. The second-order valence-electron chi connectivity index (χ2n) is 7.07. The largest absolute Gasteiger partial charge is 0.466 e. The highest BCUT2D eigenvalue weighted by atomic mass is 16.3. The fourth-order valence-electron chi connectivity index (χ4n) is 3.26. The van der Waals surface area contributed by atoms with Crippen molar-refractivity contribution in [3.8, 4) is 0 Å². The quantitative estimate of drug-likeness (QED) is 0.743. The van der Waals surface area contributed by atoms with Gasteiger partial charge >= 0.3 is 0 Å². The minimum atomic E-state index is 0.0956. The zero-order valence-electron chi connectivity index (χ0n) is 14.7. The molecule has 2 heterocycles. The number of carbonyl (C=O) groups is 1. The molecular formula is C20H23N3O2. The normalized spacial score (nSPS) is 19.3. The van der Waals surface area contributed by atoms with Gasteiger partial charge in [-0.05, 0) is 36.6 Å². The van der Waals surface area contributed by atoms with Crippen molar-refractivity contribution >= 4 is 16.9 Å². The highest BCUT2D eigenvalue weighted by Gasteiger charge is 2.36. The van der Waals surface area contributed by atoms with Crippen LogP contribution >= 0.6 is 0 Å². The van der Waals surface area contributed by atoms with Gasteiger partial charge < -0.3 is 14.3 Å². The number of aromatic amines is 1. The molecule has 5 nitrogen and oxygen atoms in total. The summed E-state index contributed by atoms with van der Waals surface area (Å²) in [5, 5.41) is 0. The van der Waals surface area contributed by atoms with Gasteiger partial charge in [-0.1, -0.05) is 19.1 Å². The number of hydrogen-bond donors (Lipinski definition) is 1. The lowest BCUT2D eigenvalue weighted by Gasteiger charge is -2.15. The SMILES string of the molecule is C[C@@H]1C[C@H]1c1ccc(CCC(=O)N(C)Cc2nc3ccccc3[nH]2)o1. The molecule has 2 aromatic heterocycles. The fraction of sp³-hybridized carbons (Fsp3) is 0.400. The Balaban J connectivity index is 1.31. The van der Waals surface area contributed by atoms with Gasteiger partial charge in [0.25, 0.3) is 0 Å². The van der Waals surface area contributed by atoms with Crippen LogP contribution in [0.15, 0.2) is 40.8 Å². The van der Waals surface area contributed by atoms with Gasteiger partial charge in [0.05, 0.1) is 17.6 Å². The predicted molar refractivity (Wildman–Crippen MR) is 96.1 cm³/mol. The molecule has 1 aliphatic rings. The Kier molecular flexibility index (Phi) is 4.07. The second kappa shape index (κ2) is 6.39. The molecule has 0 aliphatic heterocycles. The van der Waals surface area contributed by atoms with E-state index in [1.54, 1.807) is 4.90 Å². The maximum atomic E-state index is 12.4. The number of aryl methyl sites for hydroxylation is 1. The van der Waals surface area contributed by atoms with Crippen molar-refractivity contribution < 1.29 is 9.21 Å². The predicted octanol–water partition coefficient (Wildman–Crippen LogP) is 3.87. The maximum Gasteiger partial charge on any atom is 0.223 e. The van der Waals surface area contributed by atoms with E-state index >= 15 is 0 Å². The van der Waals surface area contributed by atoms with E-state index in [-0.39, 0.29) is 5.91 Å². The molecule has 1 fully saturated rings. The van der Waals surface area contributed by atoms with Gasteiger partial charge in [-0.3, -0.25) is 4.79 Å². The second-order valence-corrected chi connectivity index (χ2v) is 7.07. The number of fused-ring (bicyclic) bond motifs is 1. The average Bonchev–Trinajstić information content (AvgIpc) is 3.01. The van der Waals surface area contributed by atoms with E-state index in [4.69, 9.17) is 4.42 Å². The van der Waals surface area contributed by atoms with Crippen molar-refractivity contribution in [3.05, 3.63) is 53.7 Å². The molecule has 0 spiro atoms. The zero-order valence-corrected chi connectivity index (χ0v) is 14.7. The molecule has 1 amide bonds. The Morgan fingerprint density at radius 3 is 2.88 bits per heavy atom. The number of benzene rings is 1. The van der Waals surface area contributed by atoms with E-state index in [2.05, 4.69) is 23.0 Å². The van der Waals surface area contributed by atoms with Crippen LogP contribution in [-0.2, 0) is 17.8 Å². The van der Waals surface area contributed by atoms with Crippen LogP contribution in [0.1, 0.15) is 43.0 Å². The Morgan fingerprint density at radius 2 is 2.12 bits per heavy atom. The minimum Gasteiger partial charge on any atom is -0.466 e. The molecular weight excluding hydrogens is 314 g/mol. The summed E-state index contributed by atoms with van der Waals surface area (Å²) >= 11 is 0. The first-order valence-electron chi connectivity index (χ1n) is 8.86. The van der Waals surface area contributed by atoms with Crippen LogP contribution in [0.25, 0.3) is 11.0 Å². The fourth-order valence-corrected chi connectivity index (χ4v) is 3.26. The molecule has 4 rings (SSSR count). The third-order valence-corrected chi connectivity index (χ3v) is 4.99. The van der Waals surface area contributed by atoms with Crippen LogP contribution in [0, 0.1) is 5.92 Å². The number of amides is 1. The van der Waals surface area contributed by atoms with Crippen LogP contribution in [0.5, 0.6) is 0 Å². The zero-order chi connectivity index (χ0) is 17.4. The molecule has 1 aliphatic carbocycles. The first kappa shape index (κ1) is 15.9. The lowest BCUT2D eigenvalue weighted by molar-refractivity contribution is -0.130. The number of carbonyl (C=O) groups excluding carboxylic acids is 1. The van der Waals surface area contributed by atoms with Crippen LogP contribution in [0.3, 0.4) is 0 Å². The monoisotopic (exact) mass is 337 g/mol. The Hall–Kier alpha value is -2.56. The third-order valence-electron chi connectivity index (χ3n) is 4.99. The van der Waals surface area contributed by atoms with Gasteiger partial charge in [-0.25, -0.2) is 4.98 Å². The standard InChI is InChI=1S/C20H23N3O2/c1-13-11-15(13)18-9-7-14(25-18)8-10-20(24)23(2)12-19-21-16-5-3-4-6-17(16)22-19/h3-7,9,13,15H,8,10-12H2,1-2H3,(H,21,22)/t13-,15-/m1/s1. The van der Waals surface area contributed by atoms with E-state index < -0.39 is 0 Å². The molecule has 25 heavy (non-hydrogen) atoms. The van der Waals surface area contributed by atoms with Gasteiger partial charge in [0.2, 0.25) is 5.91 Å². The lowest BCUT2D eigenvalue weighted by atomic mass is 10.2. The highest BCUT2D eigenvalue weighted by molar-refractivity contribution is 5.77. The van der Waals surface area contributed by atoms with Crippen molar-refractivity contribution in [1.29, 1.82) is 0 Å². The van der Waals surface area contributed by atoms with Crippen molar-refractivity contribution in [2.45, 2.75) is 38.6 Å². The van der Waals surface area contributed by atoms with E-state index in [0.29, 0.717) is 25.3 Å².